The molecular formula is C11H14BrN. The first kappa shape index (κ1) is 10.5. The third kappa shape index (κ3) is 2.98. The molecule has 0 unspecified atom stereocenters. The van der Waals surface area contributed by atoms with Gasteiger partial charge in [-0.1, -0.05) is 40.2 Å². The molecule has 1 rings (SSSR count). The van der Waals surface area contributed by atoms with Gasteiger partial charge in [0.2, 0.25) is 0 Å². The summed E-state index contributed by atoms with van der Waals surface area (Å²) in [6.07, 6.45) is 5.16. The summed E-state index contributed by atoms with van der Waals surface area (Å²) in [5.74, 6) is 0. The van der Waals surface area contributed by atoms with Crippen LogP contribution in [0.3, 0.4) is 0 Å². The molecule has 0 radical (unpaired) electrons. The molecule has 0 spiro atoms. The number of rotatable bonds is 3. The lowest BCUT2D eigenvalue weighted by atomic mass is 10.1. The van der Waals surface area contributed by atoms with Gasteiger partial charge in [0, 0.05) is 4.47 Å². The average Bonchev–Trinajstić information content (AvgIpc) is 2.13. The van der Waals surface area contributed by atoms with Crippen molar-refractivity contribution in [1.29, 1.82) is 0 Å². The molecule has 0 saturated heterocycles. The Morgan fingerprint density at radius 1 is 1.46 bits per heavy atom. The van der Waals surface area contributed by atoms with Gasteiger partial charge in [0.1, 0.15) is 0 Å². The van der Waals surface area contributed by atoms with Gasteiger partial charge in [0.05, 0.1) is 0 Å². The Bertz CT molecular complexity index is 305. The van der Waals surface area contributed by atoms with Gasteiger partial charge in [-0.25, -0.2) is 0 Å². The molecule has 0 fully saturated rings. The fourth-order valence-electron chi connectivity index (χ4n) is 1.11. The number of hydrogen-bond donors (Lipinski definition) is 1. The maximum atomic E-state index is 5.40. The second-order valence-corrected chi connectivity index (χ2v) is 3.79. The normalized spacial score (nSPS) is 11.0. The van der Waals surface area contributed by atoms with Crippen molar-refractivity contribution in [1.82, 2.24) is 0 Å². The van der Waals surface area contributed by atoms with Crippen LogP contribution in [0.1, 0.15) is 17.5 Å². The highest BCUT2D eigenvalue weighted by molar-refractivity contribution is 9.10. The third-order valence-electron chi connectivity index (χ3n) is 1.94. The van der Waals surface area contributed by atoms with E-state index in [9.17, 15) is 0 Å². The van der Waals surface area contributed by atoms with Crippen LogP contribution in [0, 0.1) is 6.92 Å². The van der Waals surface area contributed by atoms with Crippen molar-refractivity contribution in [3.8, 4) is 0 Å². The fraction of sp³-hybridized carbons (Fsp3) is 0.273. The molecule has 2 N–H and O–H groups in total. The second kappa shape index (κ2) is 5.20. The van der Waals surface area contributed by atoms with E-state index < -0.39 is 0 Å². The van der Waals surface area contributed by atoms with Crippen molar-refractivity contribution >= 4 is 22.0 Å². The predicted octanol–water partition coefficient (Wildman–Crippen LogP) is 3.12. The van der Waals surface area contributed by atoms with Gasteiger partial charge in [-0.05, 0) is 37.1 Å². The van der Waals surface area contributed by atoms with Crippen LogP contribution in [0.5, 0.6) is 0 Å². The first-order valence-corrected chi connectivity index (χ1v) is 5.16. The Morgan fingerprint density at radius 2 is 2.23 bits per heavy atom. The second-order valence-electron chi connectivity index (χ2n) is 2.93. The average molecular weight is 240 g/mol. The minimum absolute atomic E-state index is 0.712. The van der Waals surface area contributed by atoms with Crippen LogP contribution in [-0.4, -0.2) is 6.54 Å². The number of halogens is 1. The van der Waals surface area contributed by atoms with Crippen LogP contribution >= 0.6 is 15.9 Å². The van der Waals surface area contributed by atoms with Crippen LogP contribution in [0.25, 0.3) is 6.08 Å². The van der Waals surface area contributed by atoms with Crippen molar-refractivity contribution in [2.75, 3.05) is 6.54 Å². The lowest BCUT2D eigenvalue weighted by Gasteiger charge is -2.01. The lowest BCUT2D eigenvalue weighted by Crippen LogP contribution is -1.95. The standard InChI is InChI=1S/C11H14BrN/c1-9-10(5-2-3-8-13)6-4-7-11(9)12/h2,4-7H,3,8,13H2,1H3. The summed E-state index contributed by atoms with van der Waals surface area (Å²) in [4.78, 5) is 0. The van der Waals surface area contributed by atoms with Crippen LogP contribution in [0.4, 0.5) is 0 Å². The van der Waals surface area contributed by atoms with E-state index >= 15 is 0 Å². The zero-order valence-corrected chi connectivity index (χ0v) is 9.34. The summed E-state index contributed by atoms with van der Waals surface area (Å²) >= 11 is 3.50. The summed E-state index contributed by atoms with van der Waals surface area (Å²) in [7, 11) is 0. The number of hydrogen-bond acceptors (Lipinski definition) is 1. The van der Waals surface area contributed by atoms with Gasteiger partial charge < -0.3 is 5.73 Å². The summed E-state index contributed by atoms with van der Waals surface area (Å²) in [6, 6.07) is 6.20. The monoisotopic (exact) mass is 239 g/mol. The molecule has 0 saturated carbocycles. The lowest BCUT2D eigenvalue weighted by molar-refractivity contribution is 1.01. The largest absolute Gasteiger partial charge is 0.330 e. The zero-order chi connectivity index (χ0) is 9.68. The van der Waals surface area contributed by atoms with Gasteiger partial charge in [-0.3, -0.25) is 0 Å². The highest BCUT2D eigenvalue weighted by Crippen LogP contribution is 2.20. The van der Waals surface area contributed by atoms with Crippen LogP contribution in [0.2, 0.25) is 0 Å². The van der Waals surface area contributed by atoms with Crippen molar-refractivity contribution in [2.24, 2.45) is 5.73 Å². The Hall–Kier alpha value is -0.600. The van der Waals surface area contributed by atoms with E-state index in [0.717, 1.165) is 10.9 Å². The van der Waals surface area contributed by atoms with Crippen LogP contribution < -0.4 is 5.73 Å². The Labute approximate surface area is 87.8 Å². The van der Waals surface area contributed by atoms with E-state index in [1.807, 2.05) is 6.07 Å². The summed E-state index contributed by atoms with van der Waals surface area (Å²) in [6.45, 7) is 2.82. The van der Waals surface area contributed by atoms with E-state index in [2.05, 4.69) is 47.1 Å². The molecule has 0 amide bonds. The minimum atomic E-state index is 0.712. The van der Waals surface area contributed by atoms with E-state index in [1.165, 1.54) is 11.1 Å². The molecule has 0 bridgehead atoms. The Balaban J connectivity index is 2.83. The molecule has 70 valence electrons. The first-order valence-electron chi connectivity index (χ1n) is 4.37. The number of benzene rings is 1. The Morgan fingerprint density at radius 3 is 2.92 bits per heavy atom. The van der Waals surface area contributed by atoms with Gasteiger partial charge in [-0.15, -0.1) is 0 Å². The van der Waals surface area contributed by atoms with Crippen LogP contribution in [0.15, 0.2) is 28.7 Å². The summed E-state index contributed by atoms with van der Waals surface area (Å²) < 4.78 is 1.15. The van der Waals surface area contributed by atoms with Crippen molar-refractivity contribution in [2.45, 2.75) is 13.3 Å². The van der Waals surface area contributed by atoms with E-state index in [4.69, 9.17) is 5.73 Å². The third-order valence-corrected chi connectivity index (χ3v) is 2.80. The molecule has 13 heavy (non-hydrogen) atoms. The smallest absolute Gasteiger partial charge is 0.0210 e. The predicted molar refractivity (Wildman–Crippen MR) is 61.6 cm³/mol. The molecule has 0 atom stereocenters. The minimum Gasteiger partial charge on any atom is -0.330 e. The highest BCUT2D eigenvalue weighted by atomic mass is 79.9. The fourth-order valence-corrected chi connectivity index (χ4v) is 1.49. The molecule has 1 aromatic carbocycles. The summed E-state index contributed by atoms with van der Waals surface area (Å²) in [5, 5.41) is 0. The Kier molecular flexibility index (Phi) is 4.19. The molecule has 0 aliphatic carbocycles. The maximum Gasteiger partial charge on any atom is 0.0210 e. The molecular weight excluding hydrogens is 226 g/mol. The van der Waals surface area contributed by atoms with E-state index in [0.29, 0.717) is 6.54 Å². The molecule has 2 heteroatoms. The molecule has 1 nitrogen and oxygen atoms in total. The molecule has 0 aromatic heterocycles. The number of nitrogens with two attached hydrogens (primary N) is 1. The zero-order valence-electron chi connectivity index (χ0n) is 7.76. The molecule has 0 heterocycles. The quantitative estimate of drug-likeness (QED) is 0.863. The maximum absolute atomic E-state index is 5.40. The van der Waals surface area contributed by atoms with Gasteiger partial charge in [0.15, 0.2) is 0 Å². The van der Waals surface area contributed by atoms with Crippen molar-refractivity contribution in [3.05, 3.63) is 39.9 Å². The first-order chi connectivity index (χ1) is 6.25. The van der Waals surface area contributed by atoms with Gasteiger partial charge in [-0.2, -0.15) is 0 Å². The molecule has 0 aliphatic heterocycles. The summed E-state index contributed by atoms with van der Waals surface area (Å²) in [5.41, 5.74) is 7.93. The van der Waals surface area contributed by atoms with Crippen molar-refractivity contribution in [3.63, 3.8) is 0 Å². The molecule has 0 aliphatic rings. The van der Waals surface area contributed by atoms with E-state index in [1.54, 1.807) is 0 Å². The van der Waals surface area contributed by atoms with Gasteiger partial charge >= 0.3 is 0 Å². The van der Waals surface area contributed by atoms with Crippen molar-refractivity contribution < 1.29 is 0 Å². The highest BCUT2D eigenvalue weighted by Gasteiger charge is 1.96. The van der Waals surface area contributed by atoms with E-state index in [-0.39, 0.29) is 0 Å². The van der Waals surface area contributed by atoms with Gasteiger partial charge in [0.25, 0.3) is 0 Å². The SMILES string of the molecule is Cc1c(Br)cccc1C=CCCN. The molecule has 1 aromatic rings. The van der Waals surface area contributed by atoms with Crippen LogP contribution in [-0.2, 0) is 0 Å². The topological polar surface area (TPSA) is 26.0 Å².